The molecule has 0 radical (unpaired) electrons. The molecule has 6 heteroatoms. The van der Waals surface area contributed by atoms with E-state index >= 15 is 0 Å². The molecule has 2 N–H and O–H groups in total. The van der Waals surface area contributed by atoms with Crippen LogP contribution in [-0.2, 0) is 4.74 Å². The Labute approximate surface area is 105 Å². The number of carbonyl (C=O) groups is 1. The van der Waals surface area contributed by atoms with Crippen LogP contribution >= 0.6 is 0 Å². The van der Waals surface area contributed by atoms with E-state index in [1.165, 1.54) is 18.8 Å². The first-order valence-corrected chi connectivity index (χ1v) is 6.16. The molecule has 0 amide bonds. The van der Waals surface area contributed by atoms with E-state index < -0.39 is 5.97 Å². The van der Waals surface area contributed by atoms with Gasteiger partial charge in [0.05, 0.1) is 18.5 Å². The molecular weight excluding hydrogens is 234 g/mol. The minimum absolute atomic E-state index is 0.0473. The third-order valence-corrected chi connectivity index (χ3v) is 2.90. The number of carboxylic acids is 1. The summed E-state index contributed by atoms with van der Waals surface area (Å²) < 4.78 is 5.61. The number of ether oxygens (including phenoxy) is 1. The first kappa shape index (κ1) is 12.8. The maximum absolute atomic E-state index is 10.7. The molecule has 0 saturated carbocycles. The second-order valence-corrected chi connectivity index (χ2v) is 4.30. The van der Waals surface area contributed by atoms with Gasteiger partial charge in [0, 0.05) is 13.2 Å². The Kier molecular flexibility index (Phi) is 4.46. The molecule has 2 rings (SSSR count). The van der Waals surface area contributed by atoms with E-state index in [-0.39, 0.29) is 5.69 Å². The topological polar surface area (TPSA) is 84.3 Å². The Hall–Kier alpha value is -1.69. The lowest BCUT2D eigenvalue weighted by Gasteiger charge is -2.22. The van der Waals surface area contributed by atoms with Crippen LogP contribution in [0.2, 0.25) is 0 Å². The van der Waals surface area contributed by atoms with Gasteiger partial charge in [-0.15, -0.1) is 0 Å². The average Bonchev–Trinajstić information content (AvgIpc) is 2.40. The summed E-state index contributed by atoms with van der Waals surface area (Å²) in [7, 11) is 0. The van der Waals surface area contributed by atoms with Crippen molar-refractivity contribution in [3.8, 4) is 0 Å². The highest BCUT2D eigenvalue weighted by molar-refractivity contribution is 5.85. The molecule has 1 aliphatic rings. The number of aromatic nitrogens is 2. The summed E-state index contributed by atoms with van der Waals surface area (Å²) in [5.74, 6) is -0.576. The standard InChI is InChI=1S/C12H17N3O3/c16-12(17)10-7-13-8-11(15-10)14-5-4-9-3-1-2-6-18-9/h7-9H,1-6H2,(H,14,15)(H,16,17). The van der Waals surface area contributed by atoms with Crippen molar-refractivity contribution < 1.29 is 14.6 Å². The molecule has 1 aromatic heterocycles. The van der Waals surface area contributed by atoms with Gasteiger partial charge in [0.2, 0.25) is 0 Å². The minimum Gasteiger partial charge on any atom is -0.476 e. The van der Waals surface area contributed by atoms with Gasteiger partial charge in [0.25, 0.3) is 0 Å². The molecule has 6 nitrogen and oxygen atoms in total. The van der Waals surface area contributed by atoms with E-state index in [0.29, 0.717) is 18.5 Å². The van der Waals surface area contributed by atoms with Gasteiger partial charge in [0.15, 0.2) is 5.69 Å². The maximum Gasteiger partial charge on any atom is 0.356 e. The van der Waals surface area contributed by atoms with Crippen molar-refractivity contribution in [1.82, 2.24) is 9.97 Å². The number of rotatable bonds is 5. The van der Waals surface area contributed by atoms with Gasteiger partial charge < -0.3 is 15.2 Å². The number of nitrogens with zero attached hydrogens (tertiary/aromatic N) is 2. The molecule has 1 aromatic rings. The van der Waals surface area contributed by atoms with Gasteiger partial charge in [-0.3, -0.25) is 4.98 Å². The molecule has 1 unspecified atom stereocenters. The van der Waals surface area contributed by atoms with Gasteiger partial charge >= 0.3 is 5.97 Å². The summed E-state index contributed by atoms with van der Waals surface area (Å²) in [6.07, 6.45) is 7.43. The molecule has 0 spiro atoms. The largest absolute Gasteiger partial charge is 0.476 e. The van der Waals surface area contributed by atoms with E-state index in [1.54, 1.807) is 0 Å². The molecule has 1 atom stereocenters. The molecule has 0 aromatic carbocycles. The summed E-state index contributed by atoms with van der Waals surface area (Å²) in [4.78, 5) is 18.5. The number of hydrogen-bond donors (Lipinski definition) is 2. The predicted octanol–water partition coefficient (Wildman–Crippen LogP) is 1.55. The van der Waals surface area contributed by atoms with Crippen molar-refractivity contribution in [1.29, 1.82) is 0 Å². The molecular formula is C12H17N3O3. The lowest BCUT2D eigenvalue weighted by Crippen LogP contribution is -2.22. The molecule has 2 heterocycles. The fourth-order valence-electron chi connectivity index (χ4n) is 1.95. The van der Waals surface area contributed by atoms with Crippen LogP contribution in [0, 0.1) is 0 Å². The predicted molar refractivity (Wildman–Crippen MR) is 65.7 cm³/mol. The van der Waals surface area contributed by atoms with Crippen molar-refractivity contribution in [3.05, 3.63) is 18.1 Å². The normalized spacial score (nSPS) is 19.4. The molecule has 0 bridgehead atoms. The Morgan fingerprint density at radius 2 is 2.39 bits per heavy atom. The zero-order valence-electron chi connectivity index (χ0n) is 10.1. The average molecular weight is 251 g/mol. The fraction of sp³-hybridized carbons (Fsp3) is 0.583. The summed E-state index contributed by atoms with van der Waals surface area (Å²) >= 11 is 0. The summed E-state index contributed by atoms with van der Waals surface area (Å²) in [5, 5.41) is 11.9. The number of anilines is 1. The van der Waals surface area contributed by atoms with Crippen LogP contribution in [-0.4, -0.2) is 40.3 Å². The van der Waals surface area contributed by atoms with Gasteiger partial charge in [-0.2, -0.15) is 0 Å². The van der Waals surface area contributed by atoms with Crippen LogP contribution in [0.5, 0.6) is 0 Å². The van der Waals surface area contributed by atoms with E-state index in [4.69, 9.17) is 9.84 Å². The van der Waals surface area contributed by atoms with Gasteiger partial charge in [-0.05, 0) is 25.7 Å². The zero-order valence-corrected chi connectivity index (χ0v) is 10.1. The highest BCUT2D eigenvalue weighted by Crippen LogP contribution is 2.15. The molecule has 0 aliphatic carbocycles. The lowest BCUT2D eigenvalue weighted by atomic mass is 10.1. The molecule has 1 saturated heterocycles. The van der Waals surface area contributed by atoms with Crippen LogP contribution in [0.4, 0.5) is 5.82 Å². The van der Waals surface area contributed by atoms with Crippen molar-refractivity contribution in [2.24, 2.45) is 0 Å². The van der Waals surface area contributed by atoms with Gasteiger partial charge in [0.1, 0.15) is 5.82 Å². The fourth-order valence-corrected chi connectivity index (χ4v) is 1.95. The van der Waals surface area contributed by atoms with Gasteiger partial charge in [-0.1, -0.05) is 0 Å². The number of carboxylic acid groups (broad SMARTS) is 1. The monoisotopic (exact) mass is 251 g/mol. The molecule has 1 fully saturated rings. The number of hydrogen-bond acceptors (Lipinski definition) is 5. The van der Waals surface area contributed by atoms with Crippen molar-refractivity contribution in [2.45, 2.75) is 31.8 Å². The Bertz CT molecular complexity index is 405. The molecule has 98 valence electrons. The van der Waals surface area contributed by atoms with Crippen molar-refractivity contribution >= 4 is 11.8 Å². The van der Waals surface area contributed by atoms with Crippen LogP contribution in [0.25, 0.3) is 0 Å². The van der Waals surface area contributed by atoms with E-state index in [0.717, 1.165) is 25.9 Å². The minimum atomic E-state index is -1.07. The Balaban J connectivity index is 1.78. The lowest BCUT2D eigenvalue weighted by molar-refractivity contribution is 0.0134. The second kappa shape index (κ2) is 6.30. The van der Waals surface area contributed by atoms with Crippen LogP contribution < -0.4 is 5.32 Å². The summed E-state index contributed by atoms with van der Waals surface area (Å²) in [5.41, 5.74) is -0.0473. The Morgan fingerprint density at radius 3 is 3.11 bits per heavy atom. The van der Waals surface area contributed by atoms with E-state index in [1.807, 2.05) is 0 Å². The second-order valence-electron chi connectivity index (χ2n) is 4.30. The highest BCUT2D eigenvalue weighted by atomic mass is 16.5. The maximum atomic E-state index is 10.7. The van der Waals surface area contributed by atoms with Crippen molar-refractivity contribution in [2.75, 3.05) is 18.5 Å². The smallest absolute Gasteiger partial charge is 0.356 e. The first-order valence-electron chi connectivity index (χ1n) is 6.16. The zero-order chi connectivity index (χ0) is 12.8. The third-order valence-electron chi connectivity index (χ3n) is 2.90. The molecule has 18 heavy (non-hydrogen) atoms. The highest BCUT2D eigenvalue weighted by Gasteiger charge is 2.13. The van der Waals surface area contributed by atoms with Gasteiger partial charge in [-0.25, -0.2) is 9.78 Å². The number of nitrogens with one attached hydrogen (secondary N) is 1. The number of aromatic carboxylic acids is 1. The quantitative estimate of drug-likeness (QED) is 0.825. The van der Waals surface area contributed by atoms with Crippen LogP contribution in [0.1, 0.15) is 36.2 Å². The third kappa shape index (κ3) is 3.66. The first-order chi connectivity index (χ1) is 8.75. The Morgan fingerprint density at radius 1 is 1.50 bits per heavy atom. The SMILES string of the molecule is O=C(O)c1cncc(NCCC2CCCCO2)n1. The van der Waals surface area contributed by atoms with Crippen LogP contribution in [0.15, 0.2) is 12.4 Å². The van der Waals surface area contributed by atoms with E-state index in [9.17, 15) is 4.79 Å². The van der Waals surface area contributed by atoms with Crippen LogP contribution in [0.3, 0.4) is 0 Å². The molecule has 1 aliphatic heterocycles. The summed E-state index contributed by atoms with van der Waals surface area (Å²) in [6, 6.07) is 0. The summed E-state index contributed by atoms with van der Waals surface area (Å²) in [6.45, 7) is 1.56. The van der Waals surface area contributed by atoms with E-state index in [2.05, 4.69) is 15.3 Å². The van der Waals surface area contributed by atoms with Crippen molar-refractivity contribution in [3.63, 3.8) is 0 Å².